The second kappa shape index (κ2) is 4.73. The summed E-state index contributed by atoms with van der Waals surface area (Å²) in [4.78, 5) is 0. The molecule has 2 aromatic rings. The molecule has 0 saturated heterocycles. The van der Waals surface area contributed by atoms with Crippen LogP contribution in [0.25, 0.3) is 5.65 Å². The van der Waals surface area contributed by atoms with Crippen LogP contribution in [0, 0.1) is 11.3 Å². The van der Waals surface area contributed by atoms with Crippen molar-refractivity contribution in [2.24, 2.45) is 11.0 Å². The van der Waals surface area contributed by atoms with Crippen molar-refractivity contribution >= 4 is 23.0 Å². The standard InChI is InChI=1S/C11H10F3N7O/c1-5-8(9(22)11(12,13)14)10(15)21(18-5)7-3-2-6-17-16-4-20(6)19-7/h2-4,8-9,15,22H,1H3/t8-,9-/m1/s1. The normalized spacial score (nSPS) is 20.6. The van der Waals surface area contributed by atoms with E-state index in [1.54, 1.807) is 6.07 Å². The van der Waals surface area contributed by atoms with E-state index >= 15 is 0 Å². The second-order valence-corrected chi connectivity index (χ2v) is 4.73. The second-order valence-electron chi connectivity index (χ2n) is 4.73. The number of hydrazone groups is 1. The van der Waals surface area contributed by atoms with Gasteiger partial charge in [0.25, 0.3) is 0 Å². The maximum absolute atomic E-state index is 12.7. The predicted molar refractivity (Wildman–Crippen MR) is 69.6 cm³/mol. The number of nitrogens with one attached hydrogen (secondary N) is 1. The van der Waals surface area contributed by atoms with Gasteiger partial charge in [-0.25, -0.2) is 0 Å². The third-order valence-electron chi connectivity index (χ3n) is 3.25. The number of rotatable bonds is 2. The number of aliphatic hydroxyl groups excluding tert-OH is 1. The van der Waals surface area contributed by atoms with Crippen molar-refractivity contribution in [3.63, 3.8) is 0 Å². The van der Waals surface area contributed by atoms with Gasteiger partial charge in [0.05, 0.1) is 5.92 Å². The number of hydrogen-bond acceptors (Lipinski definition) is 6. The van der Waals surface area contributed by atoms with Gasteiger partial charge in [0, 0.05) is 5.71 Å². The number of alkyl halides is 3. The Bertz CT molecular complexity index is 768. The smallest absolute Gasteiger partial charge is 0.383 e. The topological polar surface area (TPSA) is 103 Å². The lowest BCUT2D eigenvalue weighted by atomic mass is 9.96. The number of aliphatic hydroxyl groups is 1. The Morgan fingerprint density at radius 3 is 2.77 bits per heavy atom. The highest BCUT2D eigenvalue weighted by atomic mass is 19.4. The summed E-state index contributed by atoms with van der Waals surface area (Å²) in [7, 11) is 0. The zero-order valence-electron chi connectivity index (χ0n) is 11.2. The molecule has 116 valence electrons. The summed E-state index contributed by atoms with van der Waals surface area (Å²) in [5, 5.41) is 33.6. The van der Waals surface area contributed by atoms with Crippen molar-refractivity contribution < 1.29 is 18.3 Å². The van der Waals surface area contributed by atoms with Crippen LogP contribution in [0.5, 0.6) is 0 Å². The van der Waals surface area contributed by atoms with Crippen LogP contribution in [0.15, 0.2) is 23.6 Å². The Balaban J connectivity index is 1.95. The first-order valence-corrected chi connectivity index (χ1v) is 6.14. The van der Waals surface area contributed by atoms with Gasteiger partial charge in [-0.3, -0.25) is 5.41 Å². The first kappa shape index (κ1) is 14.4. The van der Waals surface area contributed by atoms with E-state index in [1.807, 2.05) is 0 Å². The summed E-state index contributed by atoms with van der Waals surface area (Å²) in [6, 6.07) is 3.00. The fraction of sp³-hybridized carbons (Fsp3) is 0.364. The van der Waals surface area contributed by atoms with Crippen molar-refractivity contribution in [1.29, 1.82) is 5.41 Å². The molecule has 1 aliphatic rings. The number of fused-ring (bicyclic) bond motifs is 1. The largest absolute Gasteiger partial charge is 0.415 e. The first-order valence-electron chi connectivity index (χ1n) is 6.14. The molecule has 0 spiro atoms. The highest BCUT2D eigenvalue weighted by Crippen LogP contribution is 2.32. The van der Waals surface area contributed by atoms with Crippen LogP contribution < -0.4 is 5.01 Å². The van der Waals surface area contributed by atoms with E-state index in [4.69, 9.17) is 5.41 Å². The quantitative estimate of drug-likeness (QED) is 0.855. The van der Waals surface area contributed by atoms with Crippen molar-refractivity contribution in [3.05, 3.63) is 18.5 Å². The third kappa shape index (κ3) is 2.19. The lowest BCUT2D eigenvalue weighted by Crippen LogP contribution is -2.43. The Labute approximate surface area is 121 Å². The number of halogens is 3. The Morgan fingerprint density at radius 1 is 1.36 bits per heavy atom. The zero-order chi connectivity index (χ0) is 16.1. The van der Waals surface area contributed by atoms with E-state index in [1.165, 1.54) is 23.8 Å². The first-order chi connectivity index (χ1) is 10.3. The molecule has 3 heterocycles. The summed E-state index contributed by atoms with van der Waals surface area (Å²) in [6.45, 7) is 1.32. The number of nitrogens with zero attached hydrogens (tertiary/aromatic N) is 6. The number of amidine groups is 1. The van der Waals surface area contributed by atoms with Crippen LogP contribution in [0.4, 0.5) is 19.0 Å². The van der Waals surface area contributed by atoms with E-state index in [0.717, 1.165) is 5.01 Å². The van der Waals surface area contributed by atoms with Gasteiger partial charge in [0.2, 0.25) is 0 Å². The van der Waals surface area contributed by atoms with Crippen LogP contribution in [-0.2, 0) is 0 Å². The molecule has 0 amide bonds. The molecule has 8 nitrogen and oxygen atoms in total. The van der Waals surface area contributed by atoms with Crippen LogP contribution in [0.1, 0.15) is 6.92 Å². The summed E-state index contributed by atoms with van der Waals surface area (Å²) in [6.07, 6.45) is -6.21. The van der Waals surface area contributed by atoms with Gasteiger partial charge in [-0.15, -0.1) is 15.3 Å². The van der Waals surface area contributed by atoms with Crippen LogP contribution in [0.2, 0.25) is 0 Å². The summed E-state index contributed by atoms with van der Waals surface area (Å²) < 4.78 is 39.4. The molecule has 0 saturated carbocycles. The Kier molecular flexibility index (Phi) is 3.09. The molecule has 2 atom stereocenters. The molecule has 22 heavy (non-hydrogen) atoms. The van der Waals surface area contributed by atoms with E-state index in [2.05, 4.69) is 20.4 Å². The van der Waals surface area contributed by atoms with Gasteiger partial charge >= 0.3 is 6.18 Å². The molecule has 1 aliphatic heterocycles. The molecule has 3 rings (SSSR count). The Hall–Kier alpha value is -2.56. The number of anilines is 1. The van der Waals surface area contributed by atoms with Crippen LogP contribution >= 0.6 is 0 Å². The van der Waals surface area contributed by atoms with Crippen molar-refractivity contribution in [2.75, 3.05) is 5.01 Å². The lowest BCUT2D eigenvalue weighted by molar-refractivity contribution is -0.207. The van der Waals surface area contributed by atoms with Crippen LogP contribution in [0.3, 0.4) is 0 Å². The van der Waals surface area contributed by atoms with E-state index in [0.29, 0.717) is 5.65 Å². The molecule has 0 unspecified atom stereocenters. The highest BCUT2D eigenvalue weighted by molar-refractivity contribution is 6.16. The molecular weight excluding hydrogens is 303 g/mol. The van der Waals surface area contributed by atoms with Gasteiger partial charge in [0.1, 0.15) is 12.2 Å². The predicted octanol–water partition coefficient (Wildman–Crippen LogP) is 0.837. The third-order valence-corrected chi connectivity index (χ3v) is 3.25. The molecule has 0 bridgehead atoms. The molecular formula is C11H10F3N7O. The minimum Gasteiger partial charge on any atom is -0.383 e. The maximum Gasteiger partial charge on any atom is 0.415 e. The minimum absolute atomic E-state index is 0.0134. The van der Waals surface area contributed by atoms with Gasteiger partial charge in [-0.05, 0) is 19.1 Å². The van der Waals surface area contributed by atoms with Crippen LogP contribution in [-0.4, -0.2) is 48.7 Å². The summed E-state index contributed by atoms with van der Waals surface area (Å²) in [5.41, 5.74) is 0.433. The zero-order valence-corrected chi connectivity index (χ0v) is 11.2. The SMILES string of the molecule is CC1=NN(c2ccc3nncn3n2)C(=N)[C@H]1[C@@H](O)C(F)(F)F. The average molecular weight is 313 g/mol. The molecule has 0 fully saturated rings. The minimum atomic E-state index is -4.84. The fourth-order valence-corrected chi connectivity index (χ4v) is 2.18. The molecule has 0 aliphatic carbocycles. The average Bonchev–Trinajstić information content (AvgIpc) is 3.01. The fourth-order valence-electron chi connectivity index (χ4n) is 2.18. The molecule has 2 N–H and O–H groups in total. The maximum atomic E-state index is 12.7. The molecule has 0 aromatic carbocycles. The van der Waals surface area contributed by atoms with Gasteiger partial charge in [-0.1, -0.05) is 0 Å². The molecule has 11 heteroatoms. The van der Waals surface area contributed by atoms with Crippen molar-refractivity contribution in [1.82, 2.24) is 19.8 Å². The van der Waals surface area contributed by atoms with Gasteiger partial charge in [0.15, 0.2) is 17.6 Å². The highest BCUT2D eigenvalue weighted by Gasteiger charge is 2.50. The monoisotopic (exact) mass is 313 g/mol. The van der Waals surface area contributed by atoms with E-state index in [9.17, 15) is 18.3 Å². The van der Waals surface area contributed by atoms with Gasteiger partial charge < -0.3 is 5.11 Å². The number of aromatic nitrogens is 4. The molecule has 2 aromatic heterocycles. The molecule has 0 radical (unpaired) electrons. The van der Waals surface area contributed by atoms with E-state index < -0.39 is 24.0 Å². The lowest BCUT2D eigenvalue weighted by Gasteiger charge is -2.22. The van der Waals surface area contributed by atoms with E-state index in [-0.39, 0.29) is 11.5 Å². The summed E-state index contributed by atoms with van der Waals surface area (Å²) in [5.74, 6) is -1.92. The van der Waals surface area contributed by atoms with Gasteiger partial charge in [-0.2, -0.15) is 27.8 Å². The number of hydrogen-bond donors (Lipinski definition) is 2. The van der Waals surface area contributed by atoms with Crippen molar-refractivity contribution in [2.45, 2.75) is 19.2 Å². The van der Waals surface area contributed by atoms with Crippen molar-refractivity contribution in [3.8, 4) is 0 Å². The Morgan fingerprint density at radius 2 is 2.09 bits per heavy atom. The summed E-state index contributed by atoms with van der Waals surface area (Å²) >= 11 is 0.